The predicted molar refractivity (Wildman–Crippen MR) is 272 cm³/mol. The first-order valence-electron chi connectivity index (χ1n) is 26.4. The van der Waals surface area contributed by atoms with Crippen molar-refractivity contribution in [1.29, 1.82) is 0 Å². The highest BCUT2D eigenvalue weighted by Crippen LogP contribution is 2.36. The van der Waals surface area contributed by atoms with Gasteiger partial charge in [-0.15, -0.1) is 40.5 Å². The van der Waals surface area contributed by atoms with Gasteiger partial charge in [0, 0.05) is 34.1 Å². The van der Waals surface area contributed by atoms with Gasteiger partial charge in [0.1, 0.15) is 37.6 Å². The van der Waals surface area contributed by atoms with Crippen LogP contribution >= 0.6 is 0 Å². The van der Waals surface area contributed by atoms with Crippen LogP contribution < -0.4 is 0 Å². The van der Waals surface area contributed by atoms with Gasteiger partial charge in [-0.05, 0) is 89.9 Å². The van der Waals surface area contributed by atoms with Crippen molar-refractivity contribution in [2.45, 2.75) is 182 Å². The van der Waals surface area contributed by atoms with E-state index < -0.39 is 111 Å². The summed E-state index contributed by atoms with van der Waals surface area (Å²) in [5, 5.41) is 43.1. The number of ketones is 4. The van der Waals surface area contributed by atoms with Gasteiger partial charge in [0.15, 0.2) is 0 Å². The van der Waals surface area contributed by atoms with E-state index in [1.807, 2.05) is 0 Å². The molecule has 8 unspecified atom stereocenters. The van der Waals surface area contributed by atoms with Crippen LogP contribution in [0.5, 0.6) is 0 Å². The van der Waals surface area contributed by atoms with E-state index in [0.29, 0.717) is 88.2 Å². The van der Waals surface area contributed by atoms with E-state index in [1.165, 1.54) is 28.4 Å². The lowest BCUT2D eigenvalue weighted by molar-refractivity contribution is -0.776. The highest BCUT2D eigenvalue weighted by atomic mass is 17.0. The number of rotatable bonds is 42. The summed E-state index contributed by atoms with van der Waals surface area (Å²) in [5.41, 5.74) is 1.17. The smallest absolute Gasteiger partial charge is 0.489 e. The number of methoxy groups -OCH3 is 4. The molecule has 2 rings (SSSR count). The molecule has 0 bridgehead atoms. The summed E-state index contributed by atoms with van der Waals surface area (Å²) in [5.74, 6) is -6.31. The number of nitrogens with zero attached hydrogens (tertiary/aromatic N) is 4. The van der Waals surface area contributed by atoms with Crippen LogP contribution in [0, 0.1) is 64.1 Å². The molecule has 0 aromatic rings. The zero-order valence-corrected chi connectivity index (χ0v) is 46.4. The van der Waals surface area contributed by atoms with Crippen molar-refractivity contribution in [3.63, 3.8) is 0 Å². The van der Waals surface area contributed by atoms with Crippen molar-refractivity contribution in [3.05, 3.63) is 85.8 Å². The van der Waals surface area contributed by atoms with E-state index in [1.54, 1.807) is 41.5 Å². The standard InChI is InChI=1S/C51H78N4O23/c1-11-39(75-52(61)62)35(27-23-19-15-17-21-25-33-31(5)43(56)47(69-7)49(71-9)45(33)58)37(41(13-3)77-54(65)66)29-73-51(60)74-30-38(42(14-4)78-55(67)68)36(40(12-2)76-53(63)64)28-24-20-16-18-22-26-34-32(6)44(57)48(70-8)50(72-10)46(34)59/h35-42H,11-30H2,1-10H3. The monoisotopic (exact) mass is 1110 g/mol. The maximum Gasteiger partial charge on any atom is 0.508 e. The zero-order chi connectivity index (χ0) is 58.6. The molecular weight excluding hydrogens is 1040 g/mol. The molecule has 2 aliphatic rings. The number of carbonyl (C=O) groups is 5. The lowest BCUT2D eigenvalue weighted by atomic mass is 9.78. The molecule has 440 valence electrons. The number of hydrogen-bond donors (Lipinski definition) is 0. The Kier molecular flexibility index (Phi) is 29.8. The van der Waals surface area contributed by atoms with Crippen molar-refractivity contribution in [1.82, 2.24) is 0 Å². The van der Waals surface area contributed by atoms with Crippen LogP contribution in [0.2, 0.25) is 0 Å². The molecule has 0 N–H and O–H groups in total. The second-order valence-electron chi connectivity index (χ2n) is 18.9. The lowest BCUT2D eigenvalue weighted by Gasteiger charge is -2.36. The fourth-order valence-electron chi connectivity index (χ4n) is 10.4. The Morgan fingerprint density at radius 2 is 0.667 bits per heavy atom. The fraction of sp³-hybridized carbons (Fsp3) is 0.745. The Morgan fingerprint density at radius 3 is 0.936 bits per heavy atom. The van der Waals surface area contributed by atoms with Gasteiger partial charge in [0.25, 0.3) is 20.3 Å². The van der Waals surface area contributed by atoms with Gasteiger partial charge in [0.05, 0.1) is 28.4 Å². The van der Waals surface area contributed by atoms with Crippen LogP contribution in [0.25, 0.3) is 0 Å². The number of ether oxygens (including phenoxy) is 6. The SMILES string of the molecule is CCC(O[N+](=O)[O-])C(CCCCCCCC1=C(C)C(=O)C(OC)=C(OC)C1=O)C(COC(=O)OCC(C(CC)O[N+](=O)[O-])C(CCCCCCCC1=C(C)C(=O)C(OC)=C(OC)C1=O)C(CC)O[N+](=O)[O-])C(CC)O[N+](=O)[O-]. The first-order chi connectivity index (χ1) is 37.1. The Bertz CT molecular complexity index is 2070. The summed E-state index contributed by atoms with van der Waals surface area (Å²) in [6, 6.07) is 0. The molecule has 0 spiro atoms. The van der Waals surface area contributed by atoms with Crippen molar-refractivity contribution in [2.24, 2.45) is 23.7 Å². The molecule has 0 amide bonds. The van der Waals surface area contributed by atoms with Crippen molar-refractivity contribution < 1.29 is 92.1 Å². The highest BCUT2D eigenvalue weighted by Gasteiger charge is 2.41. The van der Waals surface area contributed by atoms with Crippen molar-refractivity contribution >= 4 is 29.3 Å². The molecule has 0 aliphatic heterocycles. The first kappa shape index (κ1) is 67.0. The third kappa shape index (κ3) is 19.7. The Balaban J connectivity index is 2.30. The van der Waals surface area contributed by atoms with Crippen LogP contribution in [0.4, 0.5) is 4.79 Å². The van der Waals surface area contributed by atoms with Crippen LogP contribution in [-0.2, 0) is 66.9 Å². The third-order valence-electron chi connectivity index (χ3n) is 14.4. The average Bonchev–Trinajstić information content (AvgIpc) is 3.40. The molecule has 0 aromatic carbocycles. The molecule has 0 aromatic heterocycles. The van der Waals surface area contributed by atoms with E-state index in [0.717, 1.165) is 0 Å². The summed E-state index contributed by atoms with van der Waals surface area (Å²) < 4.78 is 31.7. The Morgan fingerprint density at radius 1 is 0.410 bits per heavy atom. The van der Waals surface area contributed by atoms with E-state index in [4.69, 9.17) is 47.8 Å². The Labute approximate surface area is 453 Å². The van der Waals surface area contributed by atoms with E-state index in [-0.39, 0.29) is 72.7 Å². The summed E-state index contributed by atoms with van der Waals surface area (Å²) in [4.78, 5) is 133. The lowest BCUT2D eigenvalue weighted by Crippen LogP contribution is -2.43. The van der Waals surface area contributed by atoms with Crippen LogP contribution in [-0.4, -0.2) is 116 Å². The van der Waals surface area contributed by atoms with E-state index in [2.05, 4.69) is 0 Å². The molecule has 27 heteroatoms. The number of Topliss-reactive ketones (excluding diaryl/α,β-unsaturated/α-hetero) is 4. The topological polar surface area (TPSA) is 350 Å². The van der Waals surface area contributed by atoms with Gasteiger partial charge in [-0.1, -0.05) is 79.1 Å². The molecule has 0 saturated carbocycles. The fourth-order valence-corrected chi connectivity index (χ4v) is 10.4. The number of hydrogen-bond acceptors (Lipinski definition) is 23. The van der Waals surface area contributed by atoms with Crippen molar-refractivity contribution in [2.75, 3.05) is 41.7 Å². The maximum atomic E-state index is 13.6. The Hall–Kier alpha value is -7.09. The van der Waals surface area contributed by atoms with Crippen LogP contribution in [0.3, 0.4) is 0 Å². The first-order valence-corrected chi connectivity index (χ1v) is 26.4. The van der Waals surface area contributed by atoms with Gasteiger partial charge in [-0.25, -0.2) is 4.79 Å². The number of allylic oxidation sites excluding steroid dienone is 4. The summed E-state index contributed by atoms with van der Waals surface area (Å²) in [7, 11) is 5.10. The van der Waals surface area contributed by atoms with Gasteiger partial charge < -0.3 is 47.8 Å². The van der Waals surface area contributed by atoms with Crippen molar-refractivity contribution in [3.8, 4) is 0 Å². The summed E-state index contributed by atoms with van der Waals surface area (Å²) in [6.07, 6.45) is 0.539. The van der Waals surface area contributed by atoms with Gasteiger partial charge in [-0.2, -0.15) is 0 Å². The van der Waals surface area contributed by atoms with Crippen LogP contribution in [0.1, 0.15) is 157 Å². The minimum Gasteiger partial charge on any atom is -0.489 e. The third-order valence-corrected chi connectivity index (χ3v) is 14.4. The van der Waals surface area contributed by atoms with Gasteiger partial charge in [-0.3, -0.25) is 19.2 Å². The van der Waals surface area contributed by atoms with Gasteiger partial charge >= 0.3 is 6.16 Å². The summed E-state index contributed by atoms with van der Waals surface area (Å²) >= 11 is 0. The van der Waals surface area contributed by atoms with Gasteiger partial charge in [0.2, 0.25) is 46.2 Å². The molecule has 27 nitrogen and oxygen atoms in total. The molecule has 2 aliphatic carbocycles. The minimum absolute atomic E-state index is 0.00623. The average molecular weight is 1120 g/mol. The normalized spacial score (nSPS) is 17.1. The largest absolute Gasteiger partial charge is 0.508 e. The quantitative estimate of drug-likeness (QED) is 0.0181. The number of carbonyl (C=O) groups excluding carboxylic acids is 5. The van der Waals surface area contributed by atoms with E-state index in [9.17, 15) is 64.4 Å². The molecule has 0 fully saturated rings. The maximum absolute atomic E-state index is 13.6. The zero-order valence-electron chi connectivity index (χ0n) is 46.4. The number of unbranched alkanes of at least 4 members (excludes halogenated alkanes) is 8. The molecule has 0 heterocycles. The molecule has 8 atom stereocenters. The predicted octanol–water partition coefficient (Wildman–Crippen LogP) is 8.96. The molecule has 0 radical (unpaired) electrons. The van der Waals surface area contributed by atoms with Crippen LogP contribution in [0.15, 0.2) is 45.3 Å². The molecule has 78 heavy (non-hydrogen) atoms. The second kappa shape index (κ2) is 34.6. The van der Waals surface area contributed by atoms with E-state index >= 15 is 0 Å². The minimum atomic E-state index is -1.33. The molecular formula is C51H78N4O23. The summed E-state index contributed by atoms with van der Waals surface area (Å²) in [6.45, 7) is 8.25. The highest BCUT2D eigenvalue weighted by molar-refractivity contribution is 6.24. The second-order valence-corrected chi connectivity index (χ2v) is 18.9. The molecule has 0 saturated heterocycles.